The van der Waals surface area contributed by atoms with Gasteiger partial charge in [-0.15, -0.1) is 0 Å². The summed E-state index contributed by atoms with van der Waals surface area (Å²) in [5.41, 5.74) is 0.817. The van der Waals surface area contributed by atoms with Gasteiger partial charge >= 0.3 is 5.97 Å². The number of esters is 1. The highest BCUT2D eigenvalue weighted by molar-refractivity contribution is 6.30. The predicted molar refractivity (Wildman–Crippen MR) is 102 cm³/mol. The Morgan fingerprint density at radius 3 is 2.50 bits per heavy atom. The zero-order chi connectivity index (χ0) is 20.4. The number of ether oxygens (including phenoxy) is 1. The number of halogens is 1. The normalized spacial score (nSPS) is 22.4. The minimum Gasteiger partial charge on any atom is -0.462 e. The Labute approximate surface area is 167 Å². The Hall–Kier alpha value is -2.67. The topological polar surface area (TPSA) is 92.8 Å². The molecule has 148 valence electrons. The minimum atomic E-state index is -0.950. The van der Waals surface area contributed by atoms with Crippen LogP contribution in [0.1, 0.15) is 37.0 Å². The number of likely N-dealkylation sites (tertiary alicyclic amines) is 1. The molecule has 0 bridgehead atoms. The maximum Gasteiger partial charge on any atom is 0.338 e. The van der Waals surface area contributed by atoms with Gasteiger partial charge in [0, 0.05) is 10.7 Å². The Morgan fingerprint density at radius 2 is 1.86 bits per heavy atom. The summed E-state index contributed by atoms with van der Waals surface area (Å²) in [5, 5.41) is 3.24. The number of allylic oxidation sites excluding steroid dienone is 2. The van der Waals surface area contributed by atoms with Gasteiger partial charge in [-0.2, -0.15) is 0 Å². The summed E-state index contributed by atoms with van der Waals surface area (Å²) in [6.45, 7) is 3.51. The van der Waals surface area contributed by atoms with Gasteiger partial charge in [0.25, 0.3) is 0 Å². The van der Waals surface area contributed by atoms with E-state index in [4.69, 9.17) is 16.3 Å². The summed E-state index contributed by atoms with van der Waals surface area (Å²) < 4.78 is 4.91. The van der Waals surface area contributed by atoms with Gasteiger partial charge in [-0.1, -0.05) is 17.7 Å². The van der Waals surface area contributed by atoms with Crippen molar-refractivity contribution in [3.63, 3.8) is 0 Å². The highest BCUT2D eigenvalue weighted by atomic mass is 35.5. The largest absolute Gasteiger partial charge is 0.462 e. The molecule has 28 heavy (non-hydrogen) atoms. The summed E-state index contributed by atoms with van der Waals surface area (Å²) in [7, 11) is 0. The number of rotatable bonds is 5. The molecule has 3 amide bonds. The van der Waals surface area contributed by atoms with Crippen molar-refractivity contribution in [3.8, 4) is 0 Å². The van der Waals surface area contributed by atoms with Gasteiger partial charge in [-0.05, 0) is 51.0 Å². The first-order valence-electron chi connectivity index (χ1n) is 9.13. The van der Waals surface area contributed by atoms with E-state index in [-0.39, 0.29) is 18.4 Å². The maximum absolute atomic E-state index is 12.7. The highest BCUT2D eigenvalue weighted by Gasteiger charge is 2.51. The van der Waals surface area contributed by atoms with Crippen molar-refractivity contribution < 1.29 is 23.9 Å². The number of hydrogen-bond acceptors (Lipinski definition) is 5. The van der Waals surface area contributed by atoms with Crippen LogP contribution in [0.4, 0.5) is 5.69 Å². The predicted octanol–water partition coefficient (Wildman–Crippen LogP) is 2.71. The van der Waals surface area contributed by atoms with Gasteiger partial charge in [0.05, 0.1) is 24.0 Å². The van der Waals surface area contributed by atoms with E-state index in [9.17, 15) is 19.2 Å². The SMILES string of the molecule is CCOC(=O)c1ccc(NC(=O)[C@@H](C)N2C(=O)[C@H]3CC=C(Cl)C[C@@H]3C2=O)cc1. The molecule has 0 unspecified atom stereocenters. The van der Waals surface area contributed by atoms with Crippen molar-refractivity contribution >= 4 is 41.0 Å². The smallest absolute Gasteiger partial charge is 0.338 e. The fourth-order valence-electron chi connectivity index (χ4n) is 3.50. The zero-order valence-corrected chi connectivity index (χ0v) is 16.4. The summed E-state index contributed by atoms with van der Waals surface area (Å²) in [6, 6.07) is 5.25. The van der Waals surface area contributed by atoms with E-state index in [0.717, 1.165) is 4.90 Å². The molecular formula is C20H21ClN2O5. The molecule has 7 nitrogen and oxygen atoms in total. The molecular weight excluding hydrogens is 384 g/mol. The zero-order valence-electron chi connectivity index (χ0n) is 15.6. The number of benzene rings is 1. The van der Waals surface area contributed by atoms with Crippen LogP contribution in [-0.4, -0.2) is 41.2 Å². The van der Waals surface area contributed by atoms with Crippen LogP contribution < -0.4 is 5.32 Å². The van der Waals surface area contributed by atoms with Crippen molar-refractivity contribution in [2.45, 2.75) is 32.7 Å². The summed E-state index contributed by atoms with van der Waals surface area (Å²) in [4.78, 5) is 50.6. The van der Waals surface area contributed by atoms with Crippen LogP contribution in [0.3, 0.4) is 0 Å². The number of amides is 3. The molecule has 8 heteroatoms. The molecule has 1 N–H and O–H groups in total. The molecule has 3 atom stereocenters. The second-order valence-corrected chi connectivity index (χ2v) is 7.30. The van der Waals surface area contributed by atoms with Crippen molar-refractivity contribution in [1.29, 1.82) is 0 Å². The van der Waals surface area contributed by atoms with E-state index in [1.165, 1.54) is 19.1 Å². The highest BCUT2D eigenvalue weighted by Crippen LogP contribution is 2.39. The number of anilines is 1. The van der Waals surface area contributed by atoms with Gasteiger partial charge in [0.1, 0.15) is 6.04 Å². The molecule has 1 aliphatic carbocycles. The maximum atomic E-state index is 12.7. The average molecular weight is 405 g/mol. The van der Waals surface area contributed by atoms with Crippen LogP contribution >= 0.6 is 11.6 Å². The molecule has 1 aromatic carbocycles. The lowest BCUT2D eigenvalue weighted by atomic mass is 9.85. The van der Waals surface area contributed by atoms with Gasteiger partial charge in [0.15, 0.2) is 0 Å². The number of imide groups is 1. The quantitative estimate of drug-likeness (QED) is 0.601. The monoisotopic (exact) mass is 404 g/mol. The lowest BCUT2D eigenvalue weighted by Gasteiger charge is -2.22. The van der Waals surface area contributed by atoms with E-state index < -0.39 is 29.8 Å². The van der Waals surface area contributed by atoms with E-state index in [2.05, 4.69) is 5.32 Å². The molecule has 1 saturated heterocycles. The molecule has 0 spiro atoms. The average Bonchev–Trinajstić information content (AvgIpc) is 2.92. The number of carbonyl (C=O) groups excluding carboxylic acids is 4. The number of carbonyl (C=O) groups is 4. The Balaban J connectivity index is 1.67. The molecule has 1 fully saturated rings. The van der Waals surface area contributed by atoms with Crippen LogP contribution in [0, 0.1) is 11.8 Å². The van der Waals surface area contributed by atoms with Crippen LogP contribution in [0.2, 0.25) is 0 Å². The van der Waals surface area contributed by atoms with E-state index >= 15 is 0 Å². The van der Waals surface area contributed by atoms with Crippen molar-refractivity contribution in [3.05, 3.63) is 40.9 Å². The summed E-state index contributed by atoms with van der Waals surface area (Å²) in [5.74, 6) is -2.57. The van der Waals surface area contributed by atoms with Crippen molar-refractivity contribution in [2.24, 2.45) is 11.8 Å². The molecule has 1 heterocycles. The Morgan fingerprint density at radius 1 is 1.21 bits per heavy atom. The number of fused-ring (bicyclic) bond motifs is 1. The van der Waals surface area contributed by atoms with Crippen molar-refractivity contribution in [1.82, 2.24) is 4.90 Å². The molecule has 2 aliphatic rings. The first-order chi connectivity index (χ1) is 13.3. The standard InChI is InChI=1S/C20H21ClN2O5/c1-3-28-20(27)12-4-7-14(8-5-12)22-17(24)11(2)23-18(25)15-9-6-13(21)10-16(15)19(23)26/h4-8,11,15-16H,3,9-10H2,1-2H3,(H,22,24)/t11-,15+,16+/m1/s1. The van der Waals surface area contributed by atoms with Gasteiger partial charge in [-0.25, -0.2) is 4.79 Å². The van der Waals surface area contributed by atoms with Crippen molar-refractivity contribution in [2.75, 3.05) is 11.9 Å². The fraction of sp³-hybridized carbons (Fsp3) is 0.400. The third-order valence-electron chi connectivity index (χ3n) is 5.03. The number of nitrogens with one attached hydrogen (secondary N) is 1. The number of hydrogen-bond donors (Lipinski definition) is 1. The first-order valence-corrected chi connectivity index (χ1v) is 9.50. The van der Waals surface area contributed by atoms with Crippen LogP contribution in [0.5, 0.6) is 0 Å². The third kappa shape index (κ3) is 3.80. The molecule has 0 saturated carbocycles. The second-order valence-electron chi connectivity index (χ2n) is 6.81. The van der Waals surface area contributed by atoms with Gasteiger partial charge in [0.2, 0.25) is 17.7 Å². The van der Waals surface area contributed by atoms with E-state index in [1.54, 1.807) is 25.1 Å². The van der Waals surface area contributed by atoms with Gasteiger partial charge < -0.3 is 10.1 Å². The first kappa shape index (κ1) is 20.1. The molecule has 1 aromatic rings. The van der Waals surface area contributed by atoms with Crippen LogP contribution in [0.25, 0.3) is 0 Å². The molecule has 1 aliphatic heterocycles. The fourth-order valence-corrected chi connectivity index (χ4v) is 3.76. The van der Waals surface area contributed by atoms with E-state index in [1.807, 2.05) is 0 Å². The molecule has 0 radical (unpaired) electrons. The summed E-state index contributed by atoms with van der Waals surface area (Å²) in [6.07, 6.45) is 2.50. The lowest BCUT2D eigenvalue weighted by Crippen LogP contribution is -2.46. The van der Waals surface area contributed by atoms with Crippen LogP contribution in [-0.2, 0) is 19.1 Å². The molecule has 0 aromatic heterocycles. The Bertz CT molecular complexity index is 849. The van der Waals surface area contributed by atoms with Gasteiger partial charge in [-0.3, -0.25) is 19.3 Å². The third-order valence-corrected chi connectivity index (χ3v) is 5.34. The number of nitrogens with zero attached hydrogens (tertiary/aromatic N) is 1. The summed E-state index contributed by atoms with van der Waals surface area (Å²) >= 11 is 6.02. The minimum absolute atomic E-state index is 0.273. The van der Waals surface area contributed by atoms with E-state index in [0.29, 0.717) is 29.1 Å². The second kappa shape index (κ2) is 8.14. The Kier molecular flexibility index (Phi) is 5.84. The lowest BCUT2D eigenvalue weighted by molar-refractivity contribution is -0.146. The van der Waals surface area contributed by atoms with Crippen LogP contribution in [0.15, 0.2) is 35.4 Å². The molecule has 3 rings (SSSR count).